The Kier molecular flexibility index (Phi) is 3.47. The van der Waals surface area contributed by atoms with Crippen LogP contribution in [0, 0.1) is 12.7 Å². The van der Waals surface area contributed by atoms with E-state index in [1.807, 2.05) is 6.92 Å². The van der Waals surface area contributed by atoms with Gasteiger partial charge in [-0.2, -0.15) is 0 Å². The van der Waals surface area contributed by atoms with Crippen LogP contribution in [0.4, 0.5) is 4.39 Å². The summed E-state index contributed by atoms with van der Waals surface area (Å²) in [4.78, 5) is 15.3. The number of rotatable bonds is 3. The van der Waals surface area contributed by atoms with Crippen LogP contribution in [0.25, 0.3) is 10.9 Å². The Bertz CT molecular complexity index is 641. The molecular weight excluding hydrogens is 255 g/mol. The van der Waals surface area contributed by atoms with Crippen molar-refractivity contribution in [3.63, 3.8) is 0 Å². The number of hydrogen-bond acceptors (Lipinski definition) is 1. The molecule has 0 unspecified atom stereocenters. The zero-order valence-corrected chi connectivity index (χ0v) is 11.6. The predicted molar refractivity (Wildman–Crippen MR) is 77.1 cm³/mol. The highest BCUT2D eigenvalue weighted by Gasteiger charge is 2.19. The van der Waals surface area contributed by atoms with Crippen LogP contribution >= 0.6 is 0 Å². The summed E-state index contributed by atoms with van der Waals surface area (Å²) in [5.74, 6) is -0.237. The van der Waals surface area contributed by atoms with Gasteiger partial charge in [-0.25, -0.2) is 4.39 Å². The summed E-state index contributed by atoms with van der Waals surface area (Å²) >= 11 is 0. The van der Waals surface area contributed by atoms with Gasteiger partial charge >= 0.3 is 0 Å². The fourth-order valence-corrected chi connectivity index (χ4v) is 3.09. The summed E-state index contributed by atoms with van der Waals surface area (Å²) in [7, 11) is 0. The lowest BCUT2D eigenvalue weighted by Gasteiger charge is -2.11. The lowest BCUT2D eigenvalue weighted by atomic mass is 10.1. The van der Waals surface area contributed by atoms with E-state index in [0.717, 1.165) is 35.0 Å². The number of fused-ring (bicyclic) bond motifs is 1. The molecule has 1 amide bonds. The van der Waals surface area contributed by atoms with E-state index in [2.05, 4.69) is 10.3 Å². The minimum atomic E-state index is -0.269. The minimum absolute atomic E-state index is 0.0326. The van der Waals surface area contributed by atoms with E-state index in [9.17, 15) is 9.18 Å². The molecule has 1 saturated carbocycles. The van der Waals surface area contributed by atoms with E-state index in [0.29, 0.717) is 12.5 Å². The Labute approximate surface area is 117 Å². The number of aryl methyl sites for hydroxylation is 1. The second-order valence-corrected chi connectivity index (χ2v) is 5.64. The molecule has 1 aliphatic rings. The minimum Gasteiger partial charge on any atom is -0.358 e. The Morgan fingerprint density at radius 3 is 2.90 bits per heavy atom. The number of nitrogens with one attached hydrogen (secondary N) is 2. The second-order valence-electron chi connectivity index (χ2n) is 5.64. The van der Waals surface area contributed by atoms with Gasteiger partial charge in [0.25, 0.3) is 0 Å². The van der Waals surface area contributed by atoms with Crippen LogP contribution < -0.4 is 5.32 Å². The Morgan fingerprint density at radius 2 is 2.15 bits per heavy atom. The fourth-order valence-electron chi connectivity index (χ4n) is 3.09. The van der Waals surface area contributed by atoms with Crippen LogP contribution in [0.15, 0.2) is 18.2 Å². The first-order valence-electron chi connectivity index (χ1n) is 7.19. The van der Waals surface area contributed by atoms with Gasteiger partial charge in [0.15, 0.2) is 0 Å². The van der Waals surface area contributed by atoms with Crippen molar-refractivity contribution in [3.05, 3.63) is 35.3 Å². The number of H-pyrrole nitrogens is 1. The third kappa shape index (κ3) is 2.55. The van der Waals surface area contributed by atoms with E-state index in [-0.39, 0.29) is 11.7 Å². The topological polar surface area (TPSA) is 44.9 Å². The highest BCUT2D eigenvalue weighted by molar-refractivity contribution is 5.90. The summed E-state index contributed by atoms with van der Waals surface area (Å²) in [6.07, 6.45) is 4.86. The standard InChI is InChI=1S/C16H19FN2O/c1-10-13(9-16(20)19-12-4-2-3-5-12)14-8-11(17)6-7-15(14)18-10/h6-8,12,18H,2-5,9H2,1H3,(H,19,20). The number of aromatic amines is 1. The zero-order valence-electron chi connectivity index (χ0n) is 11.6. The number of carbonyl (C=O) groups excluding carboxylic acids is 1. The highest BCUT2D eigenvalue weighted by Crippen LogP contribution is 2.24. The van der Waals surface area contributed by atoms with E-state index < -0.39 is 0 Å². The molecule has 0 saturated heterocycles. The number of benzene rings is 1. The van der Waals surface area contributed by atoms with E-state index >= 15 is 0 Å². The van der Waals surface area contributed by atoms with Crippen molar-refractivity contribution in [1.29, 1.82) is 0 Å². The van der Waals surface area contributed by atoms with E-state index in [4.69, 9.17) is 0 Å². The molecule has 0 bridgehead atoms. The number of carbonyl (C=O) groups is 1. The number of aromatic nitrogens is 1. The van der Waals surface area contributed by atoms with Gasteiger partial charge in [0.2, 0.25) is 5.91 Å². The maximum atomic E-state index is 13.4. The Morgan fingerprint density at radius 1 is 1.40 bits per heavy atom. The molecule has 106 valence electrons. The Hall–Kier alpha value is -1.84. The summed E-state index contributed by atoms with van der Waals surface area (Å²) in [5.41, 5.74) is 2.72. The molecule has 1 heterocycles. The van der Waals surface area contributed by atoms with Crippen LogP contribution in [0.2, 0.25) is 0 Å². The molecule has 3 rings (SSSR count). The molecule has 0 radical (unpaired) electrons. The molecule has 3 nitrogen and oxygen atoms in total. The lowest BCUT2D eigenvalue weighted by molar-refractivity contribution is -0.121. The van der Waals surface area contributed by atoms with Gasteiger partial charge in [-0.1, -0.05) is 12.8 Å². The van der Waals surface area contributed by atoms with Crippen molar-refractivity contribution in [3.8, 4) is 0 Å². The molecule has 2 aromatic rings. The van der Waals surface area contributed by atoms with E-state index in [1.54, 1.807) is 6.07 Å². The molecule has 0 spiro atoms. The summed E-state index contributed by atoms with van der Waals surface area (Å²) < 4.78 is 13.4. The smallest absolute Gasteiger partial charge is 0.224 e. The number of hydrogen-bond donors (Lipinski definition) is 2. The normalized spacial score (nSPS) is 15.9. The van der Waals surface area contributed by atoms with Crippen LogP contribution in [-0.2, 0) is 11.2 Å². The molecule has 2 N–H and O–H groups in total. The SMILES string of the molecule is Cc1[nH]c2ccc(F)cc2c1CC(=O)NC1CCCC1. The third-order valence-electron chi connectivity index (χ3n) is 4.14. The number of halogens is 1. The van der Waals surface area contributed by atoms with Gasteiger partial charge < -0.3 is 10.3 Å². The predicted octanol–water partition coefficient (Wildman–Crippen LogP) is 3.22. The largest absolute Gasteiger partial charge is 0.358 e. The summed E-state index contributed by atoms with van der Waals surface area (Å²) in [6.45, 7) is 1.93. The number of amides is 1. The molecular formula is C16H19FN2O. The van der Waals surface area contributed by atoms with Crippen molar-refractivity contribution < 1.29 is 9.18 Å². The summed E-state index contributed by atoms with van der Waals surface area (Å²) in [5, 5.41) is 3.89. The first kappa shape index (κ1) is 13.2. The molecule has 20 heavy (non-hydrogen) atoms. The van der Waals surface area contributed by atoms with E-state index in [1.165, 1.54) is 25.0 Å². The van der Waals surface area contributed by atoms with Crippen LogP contribution in [-0.4, -0.2) is 16.9 Å². The van der Waals surface area contributed by atoms with Crippen molar-refractivity contribution in [1.82, 2.24) is 10.3 Å². The second kappa shape index (κ2) is 5.27. The first-order chi connectivity index (χ1) is 9.63. The van der Waals surface area contributed by atoms with Gasteiger partial charge in [0, 0.05) is 22.6 Å². The maximum Gasteiger partial charge on any atom is 0.224 e. The molecule has 4 heteroatoms. The lowest BCUT2D eigenvalue weighted by Crippen LogP contribution is -2.33. The van der Waals surface area contributed by atoms with Crippen LogP contribution in [0.1, 0.15) is 36.9 Å². The van der Waals surface area contributed by atoms with Crippen molar-refractivity contribution >= 4 is 16.8 Å². The summed E-state index contributed by atoms with van der Waals surface area (Å²) in [6, 6.07) is 4.97. The Balaban J connectivity index is 1.80. The highest BCUT2D eigenvalue weighted by atomic mass is 19.1. The van der Waals surface area contributed by atoms with Gasteiger partial charge in [-0.3, -0.25) is 4.79 Å². The molecule has 1 aliphatic carbocycles. The molecule has 0 aliphatic heterocycles. The molecule has 1 aromatic carbocycles. The average Bonchev–Trinajstić information content (AvgIpc) is 3.00. The van der Waals surface area contributed by atoms with Gasteiger partial charge in [-0.15, -0.1) is 0 Å². The zero-order chi connectivity index (χ0) is 14.1. The molecule has 0 atom stereocenters. The average molecular weight is 274 g/mol. The molecule has 1 aromatic heterocycles. The van der Waals surface area contributed by atoms with Crippen LogP contribution in [0.5, 0.6) is 0 Å². The van der Waals surface area contributed by atoms with Gasteiger partial charge in [0.05, 0.1) is 6.42 Å². The van der Waals surface area contributed by atoms with Crippen molar-refractivity contribution in [2.75, 3.05) is 0 Å². The maximum absolute atomic E-state index is 13.4. The first-order valence-corrected chi connectivity index (χ1v) is 7.19. The van der Waals surface area contributed by atoms with Crippen molar-refractivity contribution in [2.24, 2.45) is 0 Å². The van der Waals surface area contributed by atoms with Gasteiger partial charge in [-0.05, 0) is 43.5 Å². The van der Waals surface area contributed by atoms with Crippen LogP contribution in [0.3, 0.4) is 0 Å². The van der Waals surface area contributed by atoms with Crippen molar-refractivity contribution in [2.45, 2.75) is 45.1 Å². The fraction of sp³-hybridized carbons (Fsp3) is 0.438. The quantitative estimate of drug-likeness (QED) is 0.887. The van der Waals surface area contributed by atoms with Gasteiger partial charge in [0.1, 0.15) is 5.82 Å². The molecule has 1 fully saturated rings. The monoisotopic (exact) mass is 274 g/mol. The third-order valence-corrected chi connectivity index (χ3v) is 4.14.